The average molecular weight is 227 g/mol. The highest BCUT2D eigenvalue weighted by Crippen LogP contribution is 2.16. The topological polar surface area (TPSA) is 59.6 Å². The van der Waals surface area contributed by atoms with Gasteiger partial charge in [0.25, 0.3) is 0 Å². The maximum Gasteiger partial charge on any atom is 0.188 e. The summed E-state index contributed by atoms with van der Waals surface area (Å²) in [5, 5.41) is 3.13. The van der Waals surface area contributed by atoms with Crippen molar-refractivity contribution in [3.63, 3.8) is 0 Å². The lowest BCUT2D eigenvalue weighted by Gasteiger charge is -2.22. The van der Waals surface area contributed by atoms with Crippen LogP contribution >= 0.6 is 0 Å². The number of nitrogens with two attached hydrogens (primary N) is 1. The highest BCUT2D eigenvalue weighted by Gasteiger charge is 2.12. The largest absolute Gasteiger partial charge is 0.378 e. The molecular weight excluding hydrogens is 202 g/mol. The van der Waals surface area contributed by atoms with E-state index in [1.165, 1.54) is 19.3 Å². The third-order valence-corrected chi connectivity index (χ3v) is 2.79. The van der Waals surface area contributed by atoms with Gasteiger partial charge in [-0.05, 0) is 38.5 Å². The maximum absolute atomic E-state index is 5.69. The summed E-state index contributed by atoms with van der Waals surface area (Å²) in [4.78, 5) is 4.18. The minimum absolute atomic E-state index is 0.476. The van der Waals surface area contributed by atoms with Crippen LogP contribution in [0.5, 0.6) is 0 Å². The van der Waals surface area contributed by atoms with Gasteiger partial charge in [-0.1, -0.05) is 6.92 Å². The van der Waals surface area contributed by atoms with Gasteiger partial charge in [-0.25, -0.2) is 0 Å². The Morgan fingerprint density at radius 3 is 3.06 bits per heavy atom. The molecule has 0 aliphatic carbocycles. The van der Waals surface area contributed by atoms with Gasteiger partial charge in [0.2, 0.25) is 0 Å². The number of hydrogen-bond acceptors (Lipinski definition) is 2. The lowest BCUT2D eigenvalue weighted by molar-refractivity contribution is 0.0104. The second kappa shape index (κ2) is 8.39. The number of ether oxygens (including phenoxy) is 1. The molecule has 3 N–H and O–H groups in total. The fourth-order valence-electron chi connectivity index (χ4n) is 1.87. The number of nitrogens with one attached hydrogen (secondary N) is 1. The van der Waals surface area contributed by atoms with Crippen molar-refractivity contribution in [2.75, 3.05) is 19.7 Å². The first-order valence-electron chi connectivity index (χ1n) is 6.48. The number of aliphatic imine (C=N–C) groups is 1. The molecule has 1 aliphatic rings. The van der Waals surface area contributed by atoms with Gasteiger partial charge in [-0.3, -0.25) is 4.99 Å². The van der Waals surface area contributed by atoms with Crippen LogP contribution < -0.4 is 11.1 Å². The highest BCUT2D eigenvalue weighted by atomic mass is 16.5. The van der Waals surface area contributed by atoms with Crippen LogP contribution in [-0.4, -0.2) is 31.8 Å². The molecule has 0 aromatic carbocycles. The first-order chi connectivity index (χ1) is 7.83. The van der Waals surface area contributed by atoms with Gasteiger partial charge < -0.3 is 15.8 Å². The van der Waals surface area contributed by atoms with E-state index in [2.05, 4.69) is 17.2 Å². The number of hydrogen-bond donors (Lipinski definition) is 2. The second-order valence-corrected chi connectivity index (χ2v) is 4.32. The fourth-order valence-corrected chi connectivity index (χ4v) is 1.87. The first-order valence-corrected chi connectivity index (χ1v) is 6.48. The molecule has 94 valence electrons. The molecule has 4 heteroatoms. The van der Waals surface area contributed by atoms with Crippen LogP contribution in [0, 0.1) is 0 Å². The van der Waals surface area contributed by atoms with E-state index >= 15 is 0 Å². The van der Waals surface area contributed by atoms with Crippen LogP contribution in [0.4, 0.5) is 0 Å². The van der Waals surface area contributed by atoms with Crippen molar-refractivity contribution in [1.82, 2.24) is 5.32 Å². The molecule has 1 rings (SSSR count). The smallest absolute Gasteiger partial charge is 0.188 e. The van der Waals surface area contributed by atoms with Crippen molar-refractivity contribution in [1.29, 1.82) is 0 Å². The van der Waals surface area contributed by atoms with Gasteiger partial charge in [0.05, 0.1) is 6.10 Å². The predicted molar refractivity (Wildman–Crippen MR) is 67.6 cm³/mol. The van der Waals surface area contributed by atoms with Crippen LogP contribution in [0.25, 0.3) is 0 Å². The summed E-state index contributed by atoms with van der Waals surface area (Å²) in [6, 6.07) is 0. The van der Waals surface area contributed by atoms with Gasteiger partial charge in [-0.2, -0.15) is 0 Å². The van der Waals surface area contributed by atoms with Gasteiger partial charge in [0.1, 0.15) is 0 Å². The van der Waals surface area contributed by atoms with E-state index in [4.69, 9.17) is 10.5 Å². The zero-order valence-corrected chi connectivity index (χ0v) is 10.4. The lowest BCUT2D eigenvalue weighted by atomic mass is 10.0. The standard InChI is InChI=1S/C12H25N3O/c1-2-8-14-12(13)15-9-5-7-11-6-3-4-10-16-11/h11H,2-10H2,1H3,(H3,13,14,15). The Kier molecular flexibility index (Phi) is 6.97. The molecular formula is C12H25N3O. The Balaban J connectivity index is 1.98. The first kappa shape index (κ1) is 13.3. The predicted octanol–water partition coefficient (Wildman–Crippen LogP) is 1.65. The zero-order chi connectivity index (χ0) is 11.6. The summed E-state index contributed by atoms with van der Waals surface area (Å²) in [7, 11) is 0. The van der Waals surface area contributed by atoms with E-state index in [1.54, 1.807) is 0 Å². The SMILES string of the molecule is CCCN=C(N)NCCCC1CCCCO1. The average Bonchev–Trinajstić information content (AvgIpc) is 2.33. The molecule has 0 saturated carbocycles. The molecule has 1 heterocycles. The Hall–Kier alpha value is -0.770. The quantitative estimate of drug-likeness (QED) is 0.412. The van der Waals surface area contributed by atoms with E-state index in [9.17, 15) is 0 Å². The van der Waals surface area contributed by atoms with Gasteiger partial charge in [0.15, 0.2) is 5.96 Å². The maximum atomic E-state index is 5.69. The molecule has 16 heavy (non-hydrogen) atoms. The van der Waals surface area contributed by atoms with Gasteiger partial charge in [-0.15, -0.1) is 0 Å². The van der Waals surface area contributed by atoms with Crippen LogP contribution in [0.15, 0.2) is 4.99 Å². The van der Waals surface area contributed by atoms with Crippen molar-refractivity contribution in [3.05, 3.63) is 0 Å². The van der Waals surface area contributed by atoms with E-state index in [0.717, 1.165) is 39.0 Å². The fraction of sp³-hybridized carbons (Fsp3) is 0.917. The minimum atomic E-state index is 0.476. The van der Waals surface area contributed by atoms with Gasteiger partial charge >= 0.3 is 0 Å². The van der Waals surface area contributed by atoms with Crippen molar-refractivity contribution in [2.24, 2.45) is 10.7 Å². The Labute approximate surface area is 98.6 Å². The van der Waals surface area contributed by atoms with E-state index in [1.807, 2.05) is 0 Å². The number of nitrogens with zero attached hydrogens (tertiary/aromatic N) is 1. The van der Waals surface area contributed by atoms with Crippen LogP contribution in [0.3, 0.4) is 0 Å². The molecule has 1 aliphatic heterocycles. The molecule has 1 fully saturated rings. The normalized spacial score (nSPS) is 22.1. The van der Waals surface area contributed by atoms with E-state index < -0.39 is 0 Å². The Morgan fingerprint density at radius 1 is 1.50 bits per heavy atom. The second-order valence-electron chi connectivity index (χ2n) is 4.32. The third kappa shape index (κ3) is 5.95. The highest BCUT2D eigenvalue weighted by molar-refractivity contribution is 5.77. The summed E-state index contributed by atoms with van der Waals surface area (Å²) in [5.74, 6) is 0.575. The summed E-state index contributed by atoms with van der Waals surface area (Å²) < 4.78 is 5.66. The monoisotopic (exact) mass is 227 g/mol. The van der Waals surface area contributed by atoms with Crippen molar-refractivity contribution in [3.8, 4) is 0 Å². The van der Waals surface area contributed by atoms with Gasteiger partial charge in [0, 0.05) is 19.7 Å². The molecule has 0 radical (unpaired) electrons. The van der Waals surface area contributed by atoms with E-state index in [-0.39, 0.29) is 0 Å². The number of rotatable bonds is 6. The molecule has 4 nitrogen and oxygen atoms in total. The molecule has 0 bridgehead atoms. The van der Waals surface area contributed by atoms with E-state index in [0.29, 0.717) is 12.1 Å². The van der Waals surface area contributed by atoms with Crippen LogP contribution in [0.2, 0.25) is 0 Å². The summed E-state index contributed by atoms with van der Waals surface area (Å²) in [6.45, 7) is 4.75. The molecule has 0 aromatic heterocycles. The molecule has 1 atom stereocenters. The van der Waals surface area contributed by atoms with Crippen LogP contribution in [0.1, 0.15) is 45.4 Å². The summed E-state index contributed by atoms with van der Waals surface area (Å²) in [5.41, 5.74) is 5.69. The zero-order valence-electron chi connectivity index (χ0n) is 10.4. The Morgan fingerprint density at radius 2 is 2.38 bits per heavy atom. The third-order valence-electron chi connectivity index (χ3n) is 2.79. The Bertz CT molecular complexity index is 200. The summed E-state index contributed by atoms with van der Waals surface area (Å²) >= 11 is 0. The van der Waals surface area contributed by atoms with Crippen LogP contribution in [-0.2, 0) is 4.74 Å². The summed E-state index contributed by atoms with van der Waals surface area (Å²) in [6.07, 6.45) is 7.52. The molecule has 1 saturated heterocycles. The molecule has 1 unspecified atom stereocenters. The van der Waals surface area contributed by atoms with Crippen molar-refractivity contribution >= 4 is 5.96 Å². The van der Waals surface area contributed by atoms with Crippen molar-refractivity contribution < 1.29 is 4.74 Å². The molecule has 0 aromatic rings. The lowest BCUT2D eigenvalue weighted by Crippen LogP contribution is -2.33. The minimum Gasteiger partial charge on any atom is -0.378 e. The molecule has 0 spiro atoms. The van der Waals surface area contributed by atoms with Crippen molar-refractivity contribution in [2.45, 2.75) is 51.6 Å². The number of guanidine groups is 1. The molecule has 0 amide bonds.